The van der Waals surface area contributed by atoms with Gasteiger partial charge in [-0.1, -0.05) is 17.7 Å². The number of benzene rings is 1. The van der Waals surface area contributed by atoms with Crippen LogP contribution in [0.5, 0.6) is 0 Å². The molecule has 0 bridgehead atoms. The van der Waals surface area contributed by atoms with Crippen LogP contribution in [0.15, 0.2) is 24.3 Å². The van der Waals surface area contributed by atoms with Crippen molar-refractivity contribution in [2.24, 2.45) is 0 Å². The summed E-state index contributed by atoms with van der Waals surface area (Å²) in [6.45, 7) is 5.59. The van der Waals surface area contributed by atoms with Gasteiger partial charge in [0, 0.05) is 22.0 Å². The van der Waals surface area contributed by atoms with Crippen LogP contribution in [0, 0.1) is 20.8 Å². The highest BCUT2D eigenvalue weighted by Gasteiger charge is 2.09. The van der Waals surface area contributed by atoms with Gasteiger partial charge >= 0.3 is 0 Å². The maximum absolute atomic E-state index is 12.1. The predicted octanol–water partition coefficient (Wildman–Crippen LogP) is 3.31. The molecule has 2 rings (SSSR count). The van der Waals surface area contributed by atoms with E-state index in [1.165, 1.54) is 0 Å². The van der Waals surface area contributed by atoms with E-state index < -0.39 is 0 Å². The number of aromatic nitrogens is 2. The Bertz CT molecular complexity index is 620. The minimum absolute atomic E-state index is 0.271. The molecule has 0 aliphatic rings. The van der Waals surface area contributed by atoms with Crippen molar-refractivity contribution < 1.29 is 4.79 Å². The van der Waals surface area contributed by atoms with Crippen LogP contribution in [-0.2, 0) is 0 Å². The molecule has 1 N–H and O–H groups in total. The highest BCUT2D eigenvalue weighted by Crippen LogP contribution is 2.17. The van der Waals surface area contributed by atoms with E-state index in [1.54, 1.807) is 18.2 Å². The van der Waals surface area contributed by atoms with Crippen molar-refractivity contribution in [1.82, 2.24) is 9.97 Å². The molecule has 1 amide bonds. The zero-order valence-electron chi connectivity index (χ0n) is 11.0. The third-order valence-electron chi connectivity index (χ3n) is 2.64. The van der Waals surface area contributed by atoms with E-state index >= 15 is 0 Å². The van der Waals surface area contributed by atoms with Gasteiger partial charge in [0.25, 0.3) is 5.91 Å². The topological polar surface area (TPSA) is 54.9 Å². The molecule has 1 heterocycles. The number of halogens is 1. The molecule has 0 atom stereocenters. The fraction of sp³-hybridized carbons (Fsp3) is 0.214. The smallest absolute Gasteiger partial charge is 0.258 e. The van der Waals surface area contributed by atoms with Crippen LogP contribution in [0.1, 0.15) is 27.3 Å². The van der Waals surface area contributed by atoms with Gasteiger partial charge in [0.15, 0.2) is 0 Å². The lowest BCUT2D eigenvalue weighted by molar-refractivity contribution is 0.102. The largest absolute Gasteiger partial charge is 0.290 e. The van der Waals surface area contributed by atoms with Crippen molar-refractivity contribution in [1.29, 1.82) is 0 Å². The molecular weight excluding hydrogens is 262 g/mol. The van der Waals surface area contributed by atoms with Crippen LogP contribution in [0.2, 0.25) is 5.02 Å². The zero-order valence-corrected chi connectivity index (χ0v) is 11.7. The van der Waals surface area contributed by atoms with E-state index in [0.717, 1.165) is 17.0 Å². The van der Waals surface area contributed by atoms with Crippen molar-refractivity contribution in [3.63, 3.8) is 0 Å². The van der Waals surface area contributed by atoms with Crippen LogP contribution in [0.4, 0.5) is 5.95 Å². The van der Waals surface area contributed by atoms with E-state index in [0.29, 0.717) is 16.5 Å². The zero-order chi connectivity index (χ0) is 14.0. The standard InChI is InChI=1S/C14H14ClN3O/c1-8-4-5-11(7-12(8)15)13(19)18-14-16-9(2)6-10(3)17-14/h4-7H,1-3H3,(H,16,17,18,19). The molecule has 1 aromatic carbocycles. The first kappa shape index (κ1) is 13.5. The van der Waals surface area contributed by atoms with Crippen LogP contribution < -0.4 is 5.32 Å². The quantitative estimate of drug-likeness (QED) is 0.915. The molecule has 0 saturated heterocycles. The van der Waals surface area contributed by atoms with Gasteiger partial charge < -0.3 is 0 Å². The van der Waals surface area contributed by atoms with E-state index in [1.807, 2.05) is 26.8 Å². The average molecular weight is 276 g/mol. The van der Waals surface area contributed by atoms with Gasteiger partial charge in [-0.15, -0.1) is 0 Å². The summed E-state index contributed by atoms with van der Waals surface area (Å²) < 4.78 is 0. The number of nitrogens with zero attached hydrogens (tertiary/aromatic N) is 2. The fourth-order valence-electron chi connectivity index (χ4n) is 1.69. The van der Waals surface area contributed by atoms with Gasteiger partial charge in [-0.2, -0.15) is 0 Å². The van der Waals surface area contributed by atoms with E-state index in [2.05, 4.69) is 15.3 Å². The molecule has 0 aliphatic heterocycles. The highest BCUT2D eigenvalue weighted by atomic mass is 35.5. The molecule has 0 radical (unpaired) electrons. The normalized spacial score (nSPS) is 10.3. The summed E-state index contributed by atoms with van der Waals surface area (Å²) in [6, 6.07) is 7.01. The molecule has 19 heavy (non-hydrogen) atoms. The third kappa shape index (κ3) is 3.29. The van der Waals surface area contributed by atoms with E-state index in [-0.39, 0.29) is 5.91 Å². The highest BCUT2D eigenvalue weighted by molar-refractivity contribution is 6.31. The maximum Gasteiger partial charge on any atom is 0.258 e. The monoisotopic (exact) mass is 275 g/mol. The SMILES string of the molecule is Cc1cc(C)nc(NC(=O)c2ccc(C)c(Cl)c2)n1. The molecule has 5 heteroatoms. The Kier molecular flexibility index (Phi) is 3.81. The fourth-order valence-corrected chi connectivity index (χ4v) is 1.87. The lowest BCUT2D eigenvalue weighted by atomic mass is 10.1. The Morgan fingerprint density at radius 2 is 1.74 bits per heavy atom. The minimum Gasteiger partial charge on any atom is -0.290 e. The molecule has 0 spiro atoms. The summed E-state index contributed by atoms with van der Waals surface area (Å²) in [5.74, 6) is 0.0334. The van der Waals surface area contributed by atoms with Gasteiger partial charge in [0.1, 0.15) is 0 Å². The number of rotatable bonds is 2. The van der Waals surface area contributed by atoms with Crippen molar-refractivity contribution in [3.8, 4) is 0 Å². The third-order valence-corrected chi connectivity index (χ3v) is 3.05. The molecule has 4 nitrogen and oxygen atoms in total. The first-order chi connectivity index (χ1) is 8.95. The summed E-state index contributed by atoms with van der Waals surface area (Å²) in [7, 11) is 0. The van der Waals surface area contributed by atoms with Gasteiger partial charge in [-0.25, -0.2) is 9.97 Å². The molecule has 1 aromatic heterocycles. The lowest BCUT2D eigenvalue weighted by Crippen LogP contribution is -2.15. The van der Waals surface area contributed by atoms with E-state index in [9.17, 15) is 4.79 Å². The second kappa shape index (κ2) is 5.36. The number of hydrogen-bond donors (Lipinski definition) is 1. The van der Waals surface area contributed by atoms with Gasteiger partial charge in [-0.05, 0) is 44.5 Å². The van der Waals surface area contributed by atoms with Crippen LogP contribution in [0.25, 0.3) is 0 Å². The number of carbonyl (C=O) groups is 1. The molecule has 0 saturated carbocycles. The Labute approximate surface area is 116 Å². The van der Waals surface area contributed by atoms with Crippen LogP contribution in [0.3, 0.4) is 0 Å². The van der Waals surface area contributed by atoms with Crippen LogP contribution >= 0.6 is 11.6 Å². The molecule has 0 fully saturated rings. The summed E-state index contributed by atoms with van der Waals surface area (Å²) in [6.07, 6.45) is 0. The number of amides is 1. The van der Waals surface area contributed by atoms with Crippen molar-refractivity contribution in [3.05, 3.63) is 51.8 Å². The Hall–Kier alpha value is -1.94. The first-order valence-corrected chi connectivity index (χ1v) is 6.23. The number of nitrogens with one attached hydrogen (secondary N) is 1. The Balaban J connectivity index is 2.22. The molecule has 0 unspecified atom stereocenters. The maximum atomic E-state index is 12.1. The average Bonchev–Trinajstić information content (AvgIpc) is 2.31. The number of anilines is 1. The molecule has 0 aliphatic carbocycles. The predicted molar refractivity (Wildman–Crippen MR) is 75.6 cm³/mol. The number of aryl methyl sites for hydroxylation is 3. The molecule has 2 aromatic rings. The number of hydrogen-bond acceptors (Lipinski definition) is 3. The molecule has 98 valence electrons. The molecular formula is C14H14ClN3O. The Morgan fingerprint density at radius 1 is 1.11 bits per heavy atom. The van der Waals surface area contributed by atoms with Crippen LogP contribution in [-0.4, -0.2) is 15.9 Å². The Morgan fingerprint density at radius 3 is 2.32 bits per heavy atom. The second-order valence-corrected chi connectivity index (χ2v) is 4.80. The first-order valence-electron chi connectivity index (χ1n) is 5.85. The summed E-state index contributed by atoms with van der Waals surface area (Å²) >= 11 is 6.00. The number of carbonyl (C=O) groups excluding carboxylic acids is 1. The van der Waals surface area contributed by atoms with E-state index in [4.69, 9.17) is 11.6 Å². The lowest BCUT2D eigenvalue weighted by Gasteiger charge is -2.06. The van der Waals surface area contributed by atoms with Crippen molar-refractivity contribution in [2.75, 3.05) is 5.32 Å². The van der Waals surface area contributed by atoms with Gasteiger partial charge in [0.05, 0.1) is 0 Å². The van der Waals surface area contributed by atoms with Gasteiger partial charge in [-0.3, -0.25) is 10.1 Å². The van der Waals surface area contributed by atoms with Gasteiger partial charge in [0.2, 0.25) is 5.95 Å². The summed E-state index contributed by atoms with van der Waals surface area (Å²) in [5.41, 5.74) is 3.04. The van der Waals surface area contributed by atoms with Crippen molar-refractivity contribution in [2.45, 2.75) is 20.8 Å². The second-order valence-electron chi connectivity index (χ2n) is 4.39. The van der Waals surface area contributed by atoms with Crippen molar-refractivity contribution >= 4 is 23.5 Å². The summed E-state index contributed by atoms with van der Waals surface area (Å²) in [5, 5.41) is 3.23. The summed E-state index contributed by atoms with van der Waals surface area (Å²) in [4.78, 5) is 20.4. The minimum atomic E-state index is -0.271.